The second kappa shape index (κ2) is 5.53. The molecule has 2 heterocycles. The minimum atomic E-state index is 0.239. The van der Waals surface area contributed by atoms with Gasteiger partial charge in [0.05, 0.1) is 5.39 Å². The summed E-state index contributed by atoms with van der Waals surface area (Å²) < 4.78 is 0. The van der Waals surface area contributed by atoms with Crippen LogP contribution in [-0.2, 0) is 12.8 Å². The minimum absolute atomic E-state index is 0.239. The van der Waals surface area contributed by atoms with E-state index in [9.17, 15) is 0 Å². The van der Waals surface area contributed by atoms with Crippen molar-refractivity contribution in [2.24, 2.45) is 0 Å². The maximum Gasteiger partial charge on any atom is 0.225 e. The molecule has 3 nitrogen and oxygen atoms in total. The second-order valence-corrected chi connectivity index (χ2v) is 7.46. The standard InChI is InChI=1S/C15H10Cl3N3S/c16-7-4-8(17)6-9(5-7)19-13-12-10-2-1-3-11(10)22-14(12)21-15(18)20-13/h4-6H,1-3H2,(H,19,20,21). The number of nitrogens with one attached hydrogen (secondary N) is 1. The van der Waals surface area contributed by atoms with Crippen LogP contribution in [0.3, 0.4) is 0 Å². The van der Waals surface area contributed by atoms with Crippen molar-refractivity contribution in [1.29, 1.82) is 0 Å². The van der Waals surface area contributed by atoms with Gasteiger partial charge in [0, 0.05) is 20.6 Å². The normalized spacial score (nSPS) is 13.6. The van der Waals surface area contributed by atoms with Crippen LogP contribution in [0.1, 0.15) is 16.9 Å². The van der Waals surface area contributed by atoms with Gasteiger partial charge in [0.15, 0.2) is 0 Å². The summed E-state index contributed by atoms with van der Waals surface area (Å²) in [5.74, 6) is 0.715. The maximum atomic E-state index is 6.07. The van der Waals surface area contributed by atoms with Gasteiger partial charge in [0.1, 0.15) is 10.6 Å². The molecule has 2 aromatic heterocycles. The van der Waals surface area contributed by atoms with E-state index in [0.717, 1.165) is 28.7 Å². The molecular formula is C15H10Cl3N3S. The fourth-order valence-electron chi connectivity index (χ4n) is 2.82. The van der Waals surface area contributed by atoms with E-state index < -0.39 is 0 Å². The summed E-state index contributed by atoms with van der Waals surface area (Å²) in [6.45, 7) is 0. The molecule has 0 spiro atoms. The molecule has 22 heavy (non-hydrogen) atoms. The second-order valence-electron chi connectivity index (χ2n) is 5.16. The molecule has 0 amide bonds. The molecule has 0 radical (unpaired) electrons. The van der Waals surface area contributed by atoms with Crippen LogP contribution in [0.2, 0.25) is 15.3 Å². The molecule has 0 atom stereocenters. The highest BCUT2D eigenvalue weighted by Crippen LogP contribution is 2.40. The minimum Gasteiger partial charge on any atom is -0.339 e. The zero-order chi connectivity index (χ0) is 15.3. The van der Waals surface area contributed by atoms with Crippen LogP contribution < -0.4 is 5.32 Å². The van der Waals surface area contributed by atoms with E-state index in [1.165, 1.54) is 16.9 Å². The van der Waals surface area contributed by atoms with Crippen LogP contribution >= 0.6 is 46.1 Å². The fraction of sp³-hybridized carbons (Fsp3) is 0.200. The van der Waals surface area contributed by atoms with Crippen molar-refractivity contribution in [1.82, 2.24) is 9.97 Å². The van der Waals surface area contributed by atoms with Gasteiger partial charge in [-0.2, -0.15) is 4.98 Å². The van der Waals surface area contributed by atoms with E-state index in [-0.39, 0.29) is 5.28 Å². The molecule has 112 valence electrons. The van der Waals surface area contributed by atoms with Crippen molar-refractivity contribution in [2.75, 3.05) is 5.32 Å². The Bertz CT molecular complexity index is 871. The molecule has 3 aromatic rings. The first-order valence-electron chi connectivity index (χ1n) is 6.81. The van der Waals surface area contributed by atoms with Gasteiger partial charge in [0.25, 0.3) is 0 Å². The topological polar surface area (TPSA) is 37.8 Å². The highest BCUT2D eigenvalue weighted by molar-refractivity contribution is 7.19. The summed E-state index contributed by atoms with van der Waals surface area (Å²) in [4.78, 5) is 11.0. The Kier molecular flexibility index (Phi) is 3.65. The Balaban J connectivity index is 1.87. The lowest BCUT2D eigenvalue weighted by atomic mass is 10.2. The summed E-state index contributed by atoms with van der Waals surface area (Å²) in [5, 5.41) is 5.74. The van der Waals surface area contributed by atoms with Crippen LogP contribution in [-0.4, -0.2) is 9.97 Å². The lowest BCUT2D eigenvalue weighted by molar-refractivity contribution is 0.917. The summed E-state index contributed by atoms with van der Waals surface area (Å²) in [6.07, 6.45) is 3.35. The maximum absolute atomic E-state index is 6.07. The predicted octanol–water partition coefficient (Wildman–Crippen LogP) is 5.88. The van der Waals surface area contributed by atoms with Crippen molar-refractivity contribution >= 4 is 67.9 Å². The molecule has 0 fully saturated rings. The third-order valence-electron chi connectivity index (χ3n) is 3.66. The van der Waals surface area contributed by atoms with Crippen LogP contribution in [0, 0.1) is 0 Å². The van der Waals surface area contributed by atoms with E-state index in [1.54, 1.807) is 17.4 Å². The predicted molar refractivity (Wildman–Crippen MR) is 94.2 cm³/mol. The van der Waals surface area contributed by atoms with Crippen molar-refractivity contribution in [2.45, 2.75) is 19.3 Å². The van der Waals surface area contributed by atoms with Crippen molar-refractivity contribution in [3.05, 3.63) is 44.0 Å². The summed E-state index contributed by atoms with van der Waals surface area (Å²) in [7, 11) is 0. The fourth-order valence-corrected chi connectivity index (χ4v) is 4.83. The average molecular weight is 371 g/mol. The third-order valence-corrected chi connectivity index (χ3v) is 5.45. The SMILES string of the molecule is Clc1cc(Cl)cc(Nc2nc(Cl)nc3sc4c(c23)CCC4)c1. The zero-order valence-corrected chi connectivity index (χ0v) is 14.4. The molecule has 0 bridgehead atoms. The van der Waals surface area contributed by atoms with Crippen molar-refractivity contribution in [3.8, 4) is 0 Å². The summed E-state index contributed by atoms with van der Waals surface area (Å²) >= 11 is 19.9. The van der Waals surface area contributed by atoms with Crippen LogP contribution in [0.15, 0.2) is 18.2 Å². The third kappa shape index (κ3) is 2.54. The van der Waals surface area contributed by atoms with E-state index in [1.807, 2.05) is 12.1 Å². The highest BCUT2D eigenvalue weighted by atomic mass is 35.5. The summed E-state index contributed by atoms with van der Waals surface area (Å²) in [5.41, 5.74) is 2.12. The Morgan fingerprint density at radius 2 is 1.77 bits per heavy atom. The molecule has 1 aliphatic carbocycles. The van der Waals surface area contributed by atoms with E-state index in [0.29, 0.717) is 15.9 Å². The molecular weight excluding hydrogens is 361 g/mol. The van der Waals surface area contributed by atoms with Gasteiger partial charge in [-0.25, -0.2) is 4.98 Å². The van der Waals surface area contributed by atoms with E-state index in [4.69, 9.17) is 34.8 Å². The number of anilines is 2. The molecule has 0 aliphatic heterocycles. The Morgan fingerprint density at radius 3 is 2.55 bits per heavy atom. The molecule has 0 unspecified atom stereocenters. The number of hydrogen-bond acceptors (Lipinski definition) is 4. The number of hydrogen-bond donors (Lipinski definition) is 1. The number of aryl methyl sites for hydroxylation is 2. The molecule has 4 rings (SSSR count). The lowest BCUT2D eigenvalue weighted by Gasteiger charge is -2.09. The van der Waals surface area contributed by atoms with Gasteiger partial charge < -0.3 is 5.32 Å². The number of halogens is 3. The first kappa shape index (κ1) is 14.5. The van der Waals surface area contributed by atoms with Crippen LogP contribution in [0.25, 0.3) is 10.2 Å². The zero-order valence-electron chi connectivity index (χ0n) is 11.3. The number of aromatic nitrogens is 2. The highest BCUT2D eigenvalue weighted by Gasteiger charge is 2.22. The van der Waals surface area contributed by atoms with Gasteiger partial charge >= 0.3 is 0 Å². The molecule has 0 saturated heterocycles. The molecule has 1 aliphatic rings. The van der Waals surface area contributed by atoms with Gasteiger partial charge in [-0.15, -0.1) is 11.3 Å². The van der Waals surface area contributed by atoms with Crippen LogP contribution in [0.4, 0.5) is 11.5 Å². The molecule has 7 heteroatoms. The number of benzene rings is 1. The molecule has 0 saturated carbocycles. The number of nitrogens with zero attached hydrogens (tertiary/aromatic N) is 2. The molecule has 1 N–H and O–H groups in total. The Hall–Kier alpha value is -1.07. The number of rotatable bonds is 2. The summed E-state index contributed by atoms with van der Waals surface area (Å²) in [6, 6.07) is 5.31. The Labute approximate surface area is 146 Å². The molecule has 1 aromatic carbocycles. The van der Waals surface area contributed by atoms with Crippen molar-refractivity contribution < 1.29 is 0 Å². The smallest absolute Gasteiger partial charge is 0.225 e. The van der Waals surface area contributed by atoms with Gasteiger partial charge in [-0.3, -0.25) is 0 Å². The van der Waals surface area contributed by atoms with Gasteiger partial charge in [0.2, 0.25) is 5.28 Å². The van der Waals surface area contributed by atoms with Crippen LogP contribution in [0.5, 0.6) is 0 Å². The average Bonchev–Trinajstić information content (AvgIpc) is 2.96. The largest absolute Gasteiger partial charge is 0.339 e. The monoisotopic (exact) mass is 369 g/mol. The van der Waals surface area contributed by atoms with Gasteiger partial charge in [-0.1, -0.05) is 23.2 Å². The van der Waals surface area contributed by atoms with E-state index in [2.05, 4.69) is 15.3 Å². The number of fused-ring (bicyclic) bond motifs is 3. The first-order valence-corrected chi connectivity index (χ1v) is 8.76. The van der Waals surface area contributed by atoms with Gasteiger partial charge in [-0.05, 0) is 54.6 Å². The first-order chi connectivity index (χ1) is 10.6. The quantitative estimate of drug-likeness (QED) is 0.572. The van der Waals surface area contributed by atoms with Crippen molar-refractivity contribution in [3.63, 3.8) is 0 Å². The Morgan fingerprint density at radius 1 is 1.00 bits per heavy atom. The van der Waals surface area contributed by atoms with E-state index >= 15 is 0 Å². The lowest BCUT2D eigenvalue weighted by Crippen LogP contribution is -1.97. The number of thiophene rings is 1.